The fourth-order valence-corrected chi connectivity index (χ4v) is 3.73. The number of unbranched alkanes of at least 4 members (excludes halogenated alkanes) is 1. The van der Waals surface area contributed by atoms with Crippen molar-refractivity contribution < 1.29 is 24.7 Å². The molecular formula is C18H27BCl2N2O5. The van der Waals surface area contributed by atoms with Crippen LogP contribution in [0.5, 0.6) is 0 Å². The first kappa shape index (κ1) is 24.7. The van der Waals surface area contributed by atoms with Crippen molar-refractivity contribution in [2.45, 2.75) is 44.0 Å². The van der Waals surface area contributed by atoms with Crippen LogP contribution < -0.4 is 5.73 Å². The van der Waals surface area contributed by atoms with Crippen LogP contribution in [0.2, 0.25) is 11.3 Å². The predicted octanol–water partition coefficient (Wildman–Crippen LogP) is 2.04. The maximum atomic E-state index is 12.6. The number of nitrogens with zero attached hydrogens (tertiary/aromatic N) is 1. The van der Waals surface area contributed by atoms with Crippen LogP contribution in [0.1, 0.15) is 42.5 Å². The number of halogens is 2. The van der Waals surface area contributed by atoms with Crippen molar-refractivity contribution in [2.75, 3.05) is 13.1 Å². The average molecular weight is 433 g/mol. The van der Waals surface area contributed by atoms with Gasteiger partial charge in [-0.2, -0.15) is 0 Å². The Morgan fingerprint density at radius 3 is 2.25 bits per heavy atom. The molecule has 0 saturated carbocycles. The molecule has 1 unspecified atom stereocenters. The fraction of sp³-hybridized carbons (Fsp3) is 0.556. The van der Waals surface area contributed by atoms with Gasteiger partial charge >= 0.3 is 13.1 Å². The first-order valence-corrected chi connectivity index (χ1v) is 9.55. The quantitative estimate of drug-likeness (QED) is 0.368. The maximum Gasteiger partial charge on any atom is 0.451 e. The molecule has 7 nitrogen and oxygen atoms in total. The van der Waals surface area contributed by atoms with E-state index >= 15 is 0 Å². The van der Waals surface area contributed by atoms with E-state index in [0.29, 0.717) is 49.4 Å². The molecule has 0 aromatic heterocycles. The van der Waals surface area contributed by atoms with Gasteiger partial charge < -0.3 is 25.8 Å². The molecule has 10 heteroatoms. The third-order valence-corrected chi connectivity index (χ3v) is 5.55. The summed E-state index contributed by atoms with van der Waals surface area (Å²) in [5, 5.41) is 28.0. The van der Waals surface area contributed by atoms with E-state index in [1.807, 2.05) is 0 Å². The van der Waals surface area contributed by atoms with Gasteiger partial charge in [0.1, 0.15) is 5.54 Å². The van der Waals surface area contributed by atoms with E-state index in [0.717, 1.165) is 0 Å². The second kappa shape index (κ2) is 11.0. The Morgan fingerprint density at radius 2 is 1.75 bits per heavy atom. The van der Waals surface area contributed by atoms with E-state index in [1.165, 1.54) is 0 Å². The van der Waals surface area contributed by atoms with Crippen LogP contribution in [0.25, 0.3) is 0 Å². The molecule has 0 spiro atoms. The number of piperidine rings is 1. The van der Waals surface area contributed by atoms with E-state index in [-0.39, 0.29) is 37.0 Å². The second-order valence-electron chi connectivity index (χ2n) is 7.15. The normalized spacial score (nSPS) is 16.8. The number of benzene rings is 1. The third-order valence-electron chi connectivity index (χ3n) is 5.30. The molecule has 1 aliphatic heterocycles. The summed E-state index contributed by atoms with van der Waals surface area (Å²) in [4.78, 5) is 26.1. The van der Waals surface area contributed by atoms with E-state index < -0.39 is 18.6 Å². The van der Waals surface area contributed by atoms with Crippen molar-refractivity contribution in [3.05, 3.63) is 34.9 Å². The fourth-order valence-electron chi connectivity index (χ4n) is 3.60. The van der Waals surface area contributed by atoms with Gasteiger partial charge in [-0.3, -0.25) is 9.59 Å². The summed E-state index contributed by atoms with van der Waals surface area (Å²) >= 11 is 5.85. The molecule has 1 amide bonds. The zero-order valence-electron chi connectivity index (χ0n) is 15.6. The van der Waals surface area contributed by atoms with Crippen LogP contribution in [0.3, 0.4) is 0 Å². The van der Waals surface area contributed by atoms with Crippen molar-refractivity contribution >= 4 is 43.0 Å². The number of carbonyl (C=O) groups is 2. The SMILES string of the molecule is Cl.NC(CCCCB(O)O)(C(=O)O)C1CCN(C(=O)c2ccc(Cl)cc2)CC1. The van der Waals surface area contributed by atoms with E-state index in [9.17, 15) is 14.7 Å². The Bertz CT molecular complexity index is 654. The molecule has 28 heavy (non-hydrogen) atoms. The van der Waals surface area contributed by atoms with Crippen molar-refractivity contribution in [1.82, 2.24) is 4.90 Å². The van der Waals surface area contributed by atoms with Gasteiger partial charge in [-0.1, -0.05) is 24.4 Å². The summed E-state index contributed by atoms with van der Waals surface area (Å²) in [5.41, 5.74) is 5.43. The molecule has 5 N–H and O–H groups in total. The van der Waals surface area contributed by atoms with Gasteiger partial charge in [0.2, 0.25) is 0 Å². The molecule has 0 radical (unpaired) electrons. The Kier molecular flexibility index (Phi) is 9.73. The summed E-state index contributed by atoms with van der Waals surface area (Å²) in [6.45, 7) is 0.904. The lowest BCUT2D eigenvalue weighted by atomic mass is 9.74. The molecule has 1 heterocycles. The lowest BCUT2D eigenvalue weighted by molar-refractivity contribution is -0.146. The van der Waals surface area contributed by atoms with Gasteiger partial charge in [-0.05, 0) is 55.8 Å². The summed E-state index contributed by atoms with van der Waals surface area (Å²) in [6, 6.07) is 6.69. The molecule has 1 atom stereocenters. The number of carboxylic acid groups (broad SMARTS) is 1. The number of carboxylic acids is 1. The number of likely N-dealkylation sites (tertiary alicyclic amines) is 1. The number of carbonyl (C=O) groups excluding carboxylic acids is 1. The maximum absolute atomic E-state index is 12.6. The topological polar surface area (TPSA) is 124 Å². The zero-order chi connectivity index (χ0) is 20.0. The van der Waals surface area contributed by atoms with Crippen LogP contribution in [-0.2, 0) is 4.79 Å². The van der Waals surface area contributed by atoms with Gasteiger partial charge in [-0.15, -0.1) is 12.4 Å². The Morgan fingerprint density at radius 1 is 1.18 bits per heavy atom. The van der Waals surface area contributed by atoms with Gasteiger partial charge in [-0.25, -0.2) is 0 Å². The molecule has 1 aliphatic rings. The average Bonchev–Trinajstić information content (AvgIpc) is 2.65. The molecular weight excluding hydrogens is 406 g/mol. The van der Waals surface area contributed by atoms with Gasteiger partial charge in [0.25, 0.3) is 5.91 Å². The highest BCUT2D eigenvalue weighted by Crippen LogP contribution is 2.32. The van der Waals surface area contributed by atoms with E-state index in [2.05, 4.69) is 0 Å². The van der Waals surface area contributed by atoms with Gasteiger partial charge in [0.15, 0.2) is 0 Å². The van der Waals surface area contributed by atoms with Crippen LogP contribution in [-0.4, -0.2) is 57.7 Å². The minimum Gasteiger partial charge on any atom is -0.480 e. The monoisotopic (exact) mass is 432 g/mol. The Labute approximate surface area is 176 Å². The molecule has 0 bridgehead atoms. The summed E-state index contributed by atoms with van der Waals surface area (Å²) < 4.78 is 0. The molecule has 2 rings (SSSR count). The highest BCUT2D eigenvalue weighted by Gasteiger charge is 2.43. The number of amides is 1. The highest BCUT2D eigenvalue weighted by atomic mass is 35.5. The molecule has 1 saturated heterocycles. The molecule has 1 fully saturated rings. The van der Waals surface area contributed by atoms with Crippen molar-refractivity contribution in [3.8, 4) is 0 Å². The number of hydrogen-bond acceptors (Lipinski definition) is 5. The minimum atomic E-state index is -1.39. The minimum absolute atomic E-state index is 0. The largest absolute Gasteiger partial charge is 0.480 e. The summed E-state index contributed by atoms with van der Waals surface area (Å²) in [5.74, 6) is -1.38. The molecule has 1 aromatic carbocycles. The molecule has 0 aliphatic carbocycles. The van der Waals surface area contributed by atoms with E-state index in [1.54, 1.807) is 29.2 Å². The standard InChI is InChI=1S/C18H26BClN2O5.ClH/c20-15-5-3-13(4-6-15)16(23)22-11-7-14(8-12-22)18(21,17(24)25)9-1-2-10-19(26)27;/h3-6,14,26-27H,1-2,7-12,21H2,(H,24,25);1H. The third kappa shape index (κ3) is 6.35. The summed E-state index contributed by atoms with van der Waals surface area (Å²) in [7, 11) is -1.39. The van der Waals surface area contributed by atoms with E-state index in [4.69, 9.17) is 27.4 Å². The first-order chi connectivity index (χ1) is 12.7. The Balaban J connectivity index is 0.00000392. The molecule has 1 aromatic rings. The number of rotatable bonds is 8. The Hall–Kier alpha value is -1.32. The van der Waals surface area contributed by atoms with Crippen LogP contribution in [0.15, 0.2) is 24.3 Å². The van der Waals surface area contributed by atoms with Gasteiger partial charge in [0.05, 0.1) is 0 Å². The highest BCUT2D eigenvalue weighted by molar-refractivity contribution is 6.40. The second-order valence-corrected chi connectivity index (χ2v) is 7.58. The first-order valence-electron chi connectivity index (χ1n) is 9.17. The number of hydrogen-bond donors (Lipinski definition) is 4. The number of nitrogens with two attached hydrogens (primary N) is 1. The number of aliphatic carboxylic acids is 1. The van der Waals surface area contributed by atoms with Crippen LogP contribution in [0, 0.1) is 5.92 Å². The van der Waals surface area contributed by atoms with Crippen LogP contribution in [0.4, 0.5) is 0 Å². The van der Waals surface area contributed by atoms with Crippen LogP contribution >= 0.6 is 24.0 Å². The lowest BCUT2D eigenvalue weighted by Crippen LogP contribution is -2.57. The van der Waals surface area contributed by atoms with Gasteiger partial charge in [0, 0.05) is 23.7 Å². The van der Waals surface area contributed by atoms with Crippen molar-refractivity contribution in [2.24, 2.45) is 11.7 Å². The predicted molar refractivity (Wildman–Crippen MR) is 111 cm³/mol. The lowest BCUT2D eigenvalue weighted by Gasteiger charge is -2.40. The zero-order valence-corrected chi connectivity index (χ0v) is 17.2. The summed E-state index contributed by atoms with van der Waals surface area (Å²) in [6.07, 6.45) is 2.51. The van der Waals surface area contributed by atoms with Crippen molar-refractivity contribution in [3.63, 3.8) is 0 Å². The van der Waals surface area contributed by atoms with Crippen molar-refractivity contribution in [1.29, 1.82) is 0 Å². The smallest absolute Gasteiger partial charge is 0.451 e. The molecule has 156 valence electrons.